The number of nitrogens with zero attached hydrogens (tertiary/aromatic N) is 2. The van der Waals surface area contributed by atoms with Gasteiger partial charge in [0.1, 0.15) is 59.2 Å². The SMILES string of the molecule is Oc1c2cccc1Cc1cccc(c1O)Cc1cccc(c1OC[C@H]1CC(c3ccc(C4=NO[C@@H](COc5c6cccc5Cc5cccc(c5O)Cc5cccc(c5O)Cc5cccc(c5O)C6)C4)cc3)=NO1)Cc1cccc(c1O)C2. The van der Waals surface area contributed by atoms with Gasteiger partial charge >= 0.3 is 0 Å². The van der Waals surface area contributed by atoms with Crippen LogP contribution in [0.1, 0.15) is 113 Å². The number of ether oxygens (including phenoxy) is 2. The highest BCUT2D eigenvalue weighted by Gasteiger charge is 2.29. The van der Waals surface area contributed by atoms with Crippen LogP contribution >= 0.6 is 0 Å². The summed E-state index contributed by atoms with van der Waals surface area (Å²) in [6.45, 7) is 0.411. The lowest BCUT2D eigenvalue weighted by molar-refractivity contribution is 0.0465. The average Bonchev–Trinajstić information content (AvgIpc) is 4.31. The number of hydrogen-bond donors (Lipinski definition) is 6. The van der Waals surface area contributed by atoms with Crippen LogP contribution in [0.25, 0.3) is 0 Å². The molecule has 12 nitrogen and oxygen atoms in total. The second-order valence-electron chi connectivity index (χ2n) is 21.9. The highest BCUT2D eigenvalue weighted by Crippen LogP contribution is 2.41. The predicted octanol–water partition coefficient (Wildman–Crippen LogP) is 12.4. The van der Waals surface area contributed by atoms with Crippen LogP contribution in [0.2, 0.25) is 0 Å². The number of para-hydroxylation sites is 8. The minimum absolute atomic E-state index is 0.157. The molecule has 16 bridgehead atoms. The summed E-state index contributed by atoms with van der Waals surface area (Å²) in [5, 5.41) is 78.4. The molecular formula is C70H60N2O10. The maximum absolute atomic E-state index is 11.7. The summed E-state index contributed by atoms with van der Waals surface area (Å²) in [7, 11) is 0. The van der Waals surface area contributed by atoms with Crippen LogP contribution in [0, 0.1) is 0 Å². The van der Waals surface area contributed by atoms with Gasteiger partial charge in [0, 0.05) is 64.2 Å². The van der Waals surface area contributed by atoms with Crippen LogP contribution in [0.15, 0.2) is 180 Å². The third-order valence-corrected chi connectivity index (χ3v) is 16.5. The van der Waals surface area contributed by atoms with E-state index in [1.807, 2.05) is 170 Å². The summed E-state index contributed by atoms with van der Waals surface area (Å²) < 4.78 is 13.5. The van der Waals surface area contributed by atoms with Crippen molar-refractivity contribution in [2.75, 3.05) is 13.2 Å². The number of oxime groups is 2. The van der Waals surface area contributed by atoms with Gasteiger partial charge in [-0.2, -0.15) is 0 Å². The lowest BCUT2D eigenvalue weighted by Crippen LogP contribution is -2.20. The predicted molar refractivity (Wildman–Crippen MR) is 313 cm³/mol. The third kappa shape index (κ3) is 10.4. The molecule has 0 fully saturated rings. The van der Waals surface area contributed by atoms with Gasteiger partial charge in [0.2, 0.25) is 0 Å². The Labute approximate surface area is 475 Å². The van der Waals surface area contributed by atoms with E-state index in [2.05, 4.69) is 10.3 Å². The quantitative estimate of drug-likeness (QED) is 0.0856. The molecule has 0 saturated heterocycles. The number of phenolic OH excluding ortho intramolecular Hbond substituents is 6. The molecule has 2 heterocycles. The lowest BCUT2D eigenvalue weighted by atomic mass is 9.91. The first-order valence-electron chi connectivity index (χ1n) is 27.9. The summed E-state index contributed by atoms with van der Waals surface area (Å²) in [5.41, 5.74) is 15.3. The molecule has 9 aromatic rings. The summed E-state index contributed by atoms with van der Waals surface area (Å²) >= 11 is 0. The molecule has 0 radical (unpaired) electrons. The fourth-order valence-electron chi connectivity index (χ4n) is 12.0. The molecule has 2 aliphatic heterocycles. The summed E-state index contributed by atoms with van der Waals surface area (Å²) in [5.74, 6) is 2.34. The Morgan fingerprint density at radius 1 is 0.293 bits per heavy atom. The maximum atomic E-state index is 11.7. The van der Waals surface area contributed by atoms with Gasteiger partial charge in [0.15, 0.2) is 12.2 Å². The van der Waals surface area contributed by atoms with E-state index in [1.165, 1.54) is 0 Å². The fourth-order valence-corrected chi connectivity index (χ4v) is 12.0. The van der Waals surface area contributed by atoms with E-state index in [0.29, 0.717) is 120 Å². The lowest BCUT2D eigenvalue weighted by Gasteiger charge is -2.20. The zero-order chi connectivity index (χ0) is 55.8. The molecule has 0 saturated carbocycles. The number of benzene rings is 9. The Bertz CT molecular complexity index is 3550. The van der Waals surface area contributed by atoms with Gasteiger partial charge < -0.3 is 49.8 Å². The van der Waals surface area contributed by atoms with Crippen molar-refractivity contribution in [2.45, 2.75) is 76.4 Å². The van der Waals surface area contributed by atoms with E-state index in [-0.39, 0.29) is 59.9 Å². The van der Waals surface area contributed by atoms with Gasteiger partial charge in [0.25, 0.3) is 0 Å². The first kappa shape index (κ1) is 51.7. The molecule has 4 aliphatic rings. The second-order valence-corrected chi connectivity index (χ2v) is 21.9. The monoisotopic (exact) mass is 1090 g/mol. The van der Waals surface area contributed by atoms with Crippen LogP contribution in [-0.4, -0.2) is 67.5 Å². The smallest absolute Gasteiger partial charge is 0.167 e. The van der Waals surface area contributed by atoms with E-state index in [0.717, 1.165) is 67.1 Å². The third-order valence-electron chi connectivity index (χ3n) is 16.5. The molecule has 0 unspecified atom stereocenters. The molecular weight excluding hydrogens is 1030 g/mol. The fraction of sp³-hybridized carbons (Fsp3) is 0.200. The number of fused-ring (bicyclic) bond motifs is 16. The molecule has 2 atom stereocenters. The highest BCUT2D eigenvalue weighted by atomic mass is 16.7. The van der Waals surface area contributed by atoms with Gasteiger partial charge in [-0.3, -0.25) is 0 Å². The van der Waals surface area contributed by atoms with Crippen molar-refractivity contribution in [1.29, 1.82) is 0 Å². The zero-order valence-electron chi connectivity index (χ0n) is 45.0. The molecule has 9 aromatic carbocycles. The minimum atomic E-state index is -0.377. The molecule has 410 valence electrons. The van der Waals surface area contributed by atoms with E-state index >= 15 is 0 Å². The van der Waals surface area contributed by atoms with E-state index < -0.39 is 0 Å². The van der Waals surface area contributed by atoms with Crippen LogP contribution < -0.4 is 9.47 Å². The topological polar surface area (TPSA) is 183 Å². The van der Waals surface area contributed by atoms with E-state index in [1.54, 1.807) is 0 Å². The van der Waals surface area contributed by atoms with Crippen molar-refractivity contribution in [3.05, 3.63) is 270 Å². The largest absolute Gasteiger partial charge is 0.507 e. The van der Waals surface area contributed by atoms with Crippen molar-refractivity contribution in [3.63, 3.8) is 0 Å². The van der Waals surface area contributed by atoms with Crippen molar-refractivity contribution < 1.29 is 49.8 Å². The van der Waals surface area contributed by atoms with Gasteiger partial charge in [-0.25, -0.2) is 0 Å². The summed E-state index contributed by atoms with van der Waals surface area (Å²) in [6, 6.07) is 54.2. The second kappa shape index (κ2) is 22.1. The van der Waals surface area contributed by atoms with E-state index in [9.17, 15) is 30.6 Å². The summed E-state index contributed by atoms with van der Waals surface area (Å²) in [6.07, 6.45) is 3.12. The Kier molecular flexibility index (Phi) is 13.9. The van der Waals surface area contributed by atoms with E-state index in [4.69, 9.17) is 19.1 Å². The van der Waals surface area contributed by atoms with Gasteiger partial charge in [-0.05, 0) is 100 Å². The molecule has 6 N–H and O–H groups in total. The Balaban J connectivity index is 0.686. The molecule has 13 rings (SSSR count). The normalized spacial score (nSPS) is 16.3. The first-order chi connectivity index (χ1) is 40.1. The molecule has 12 heteroatoms. The maximum Gasteiger partial charge on any atom is 0.167 e. The van der Waals surface area contributed by atoms with Crippen molar-refractivity contribution in [1.82, 2.24) is 0 Å². The van der Waals surface area contributed by atoms with Gasteiger partial charge in [-0.1, -0.05) is 180 Å². The van der Waals surface area contributed by atoms with Crippen molar-refractivity contribution >= 4 is 11.4 Å². The minimum Gasteiger partial charge on any atom is -0.507 e. The molecule has 82 heavy (non-hydrogen) atoms. The number of rotatable bonds is 8. The highest BCUT2D eigenvalue weighted by molar-refractivity contribution is 6.04. The Morgan fingerprint density at radius 2 is 0.488 bits per heavy atom. The molecule has 0 aromatic heterocycles. The van der Waals surface area contributed by atoms with Gasteiger partial charge in [-0.15, -0.1) is 0 Å². The van der Waals surface area contributed by atoms with Crippen LogP contribution in [0.5, 0.6) is 46.0 Å². The van der Waals surface area contributed by atoms with Gasteiger partial charge in [0.05, 0.1) is 11.4 Å². The first-order valence-corrected chi connectivity index (χ1v) is 27.9. The zero-order valence-corrected chi connectivity index (χ0v) is 45.0. The molecule has 0 spiro atoms. The molecule has 2 aliphatic carbocycles. The van der Waals surface area contributed by atoms with Crippen molar-refractivity contribution in [2.24, 2.45) is 10.3 Å². The number of phenols is 6. The standard InChI is InChI=1S/C70H60N2O10/c73-63-43-9-1-10-44(63)30-48-14-4-18-52(66(48)76)34-56-22-7-21-55(33-51-17-3-13-47(29-43)65(51)75)69(56)79-39-59-37-61(71-81-59)41-25-27-42(28-26-41)62-38-60(82-72-62)40-80-70-57-23-8-24-58(70)36-54-20-6-16-50(68(54)78)32-46-12-2-11-45(64(46)74)31-49-15-5-19-53(35-57)67(49)77/h1-28,59-60,73-78H,29-40H2/t59-,60-/m1/s1. The Hall–Kier alpha value is -9.68. The number of hydrogen-bond acceptors (Lipinski definition) is 12. The Morgan fingerprint density at radius 3 is 0.707 bits per heavy atom. The average molecular weight is 1090 g/mol. The number of aromatic hydroxyl groups is 6. The molecule has 0 amide bonds. The van der Waals surface area contributed by atoms with Crippen LogP contribution in [0.4, 0.5) is 0 Å². The van der Waals surface area contributed by atoms with Crippen LogP contribution in [0.3, 0.4) is 0 Å². The van der Waals surface area contributed by atoms with Crippen LogP contribution in [-0.2, 0) is 61.0 Å². The summed E-state index contributed by atoms with van der Waals surface area (Å²) in [4.78, 5) is 12.0. The van der Waals surface area contributed by atoms with Crippen molar-refractivity contribution in [3.8, 4) is 46.0 Å².